The summed E-state index contributed by atoms with van der Waals surface area (Å²) in [5.74, 6) is -0.592. The van der Waals surface area contributed by atoms with E-state index in [0.717, 1.165) is 96.3 Å². The van der Waals surface area contributed by atoms with Crippen LogP contribution in [0.4, 0.5) is 0 Å². The molecule has 10 heteroatoms. The summed E-state index contributed by atoms with van der Waals surface area (Å²) in [5.41, 5.74) is 0. The fraction of sp³-hybridized carbons (Fsp3) is 0.733. The van der Waals surface area contributed by atoms with Crippen molar-refractivity contribution in [1.29, 1.82) is 0 Å². The zero-order valence-electron chi connectivity index (χ0n) is 45.9. The Morgan fingerprint density at radius 3 is 1.41 bits per heavy atom. The number of likely N-dealkylation sites (N-methyl/N-ethyl adjacent to an activating group) is 1. The lowest BCUT2D eigenvalue weighted by molar-refractivity contribution is -0.870. The van der Waals surface area contributed by atoms with Crippen LogP contribution < -0.4 is 10.2 Å². The SMILES string of the molecule is CC/C=C/C/C=C/C/C=C/C/C=C/CCCCCC(=O)NC(COP(=O)([O-])OCC[N+](C)(C)C)C(/C=C/CCCCCCCCCCC)OC(=O)CCCCCCCCC/C=C\C/C=C\CCCCC. The van der Waals surface area contributed by atoms with Crippen LogP contribution in [0.1, 0.15) is 233 Å². The van der Waals surface area contributed by atoms with Gasteiger partial charge in [0.1, 0.15) is 19.3 Å². The van der Waals surface area contributed by atoms with Gasteiger partial charge in [0.25, 0.3) is 7.82 Å². The molecule has 0 radical (unpaired) electrons. The molecule has 3 unspecified atom stereocenters. The fourth-order valence-corrected chi connectivity index (χ4v) is 8.38. The van der Waals surface area contributed by atoms with E-state index in [1.807, 2.05) is 33.3 Å². The minimum absolute atomic E-state index is 0.0337. The highest BCUT2D eigenvalue weighted by Crippen LogP contribution is 2.38. The molecule has 1 amide bonds. The molecular weight excluding hydrogens is 892 g/mol. The van der Waals surface area contributed by atoms with Gasteiger partial charge in [-0.15, -0.1) is 0 Å². The summed E-state index contributed by atoms with van der Waals surface area (Å²) in [4.78, 5) is 39.8. The highest BCUT2D eigenvalue weighted by molar-refractivity contribution is 7.45. The Hall–Kier alpha value is -2.81. The van der Waals surface area contributed by atoms with Crippen LogP contribution in [0.2, 0.25) is 0 Å². The second-order valence-electron chi connectivity index (χ2n) is 20.1. The number of carbonyl (C=O) groups excluding carboxylic acids is 2. The van der Waals surface area contributed by atoms with Gasteiger partial charge in [-0.25, -0.2) is 0 Å². The molecule has 0 rings (SSSR count). The summed E-state index contributed by atoms with van der Waals surface area (Å²) < 4.78 is 30.2. The number of nitrogens with one attached hydrogen (secondary N) is 1. The summed E-state index contributed by atoms with van der Waals surface area (Å²) >= 11 is 0. The van der Waals surface area contributed by atoms with Gasteiger partial charge in [0.05, 0.1) is 33.8 Å². The maximum atomic E-state index is 13.5. The van der Waals surface area contributed by atoms with Crippen molar-refractivity contribution >= 4 is 19.7 Å². The average Bonchev–Trinajstić information content (AvgIpc) is 3.32. The highest BCUT2D eigenvalue weighted by Gasteiger charge is 2.27. The topological polar surface area (TPSA) is 114 Å². The Morgan fingerprint density at radius 2 is 0.914 bits per heavy atom. The van der Waals surface area contributed by atoms with E-state index in [-0.39, 0.29) is 31.3 Å². The number of hydrogen-bond acceptors (Lipinski definition) is 7. The monoisotopic (exact) mass is 999 g/mol. The molecule has 0 aromatic rings. The third-order valence-corrected chi connectivity index (χ3v) is 13.0. The van der Waals surface area contributed by atoms with Crippen LogP contribution >= 0.6 is 7.82 Å². The number of phosphoric ester groups is 1. The molecule has 9 nitrogen and oxygen atoms in total. The summed E-state index contributed by atoms with van der Waals surface area (Å²) in [6.45, 7) is 6.65. The Bertz CT molecular complexity index is 1480. The predicted molar refractivity (Wildman–Crippen MR) is 298 cm³/mol. The van der Waals surface area contributed by atoms with E-state index < -0.39 is 26.6 Å². The number of amides is 1. The van der Waals surface area contributed by atoms with Crippen LogP contribution in [0, 0.1) is 0 Å². The molecule has 70 heavy (non-hydrogen) atoms. The van der Waals surface area contributed by atoms with Crippen LogP contribution in [0.5, 0.6) is 0 Å². The number of allylic oxidation sites excluding steroid dienone is 13. The van der Waals surface area contributed by atoms with Gasteiger partial charge in [0, 0.05) is 12.8 Å². The number of ether oxygens (including phenoxy) is 1. The number of unbranched alkanes of at least 4 members (excludes halogenated alkanes) is 22. The second kappa shape index (κ2) is 49.8. The molecule has 0 fully saturated rings. The van der Waals surface area contributed by atoms with E-state index in [4.69, 9.17) is 13.8 Å². The number of nitrogens with zero attached hydrogens (tertiary/aromatic N) is 1. The molecule has 1 N–H and O–H groups in total. The second-order valence-corrected chi connectivity index (χ2v) is 21.5. The molecule has 0 saturated carbocycles. The Labute approximate surface area is 431 Å². The molecular formula is C60H107N2O7P. The summed E-state index contributed by atoms with van der Waals surface area (Å²) in [6, 6.07) is -0.911. The van der Waals surface area contributed by atoms with Crippen LogP contribution in [0.25, 0.3) is 0 Å². The van der Waals surface area contributed by atoms with E-state index in [2.05, 4.69) is 99.0 Å². The number of hydrogen-bond donors (Lipinski definition) is 1. The maximum Gasteiger partial charge on any atom is 0.306 e. The van der Waals surface area contributed by atoms with Gasteiger partial charge in [-0.2, -0.15) is 0 Å². The van der Waals surface area contributed by atoms with E-state index in [1.54, 1.807) is 0 Å². The number of rotatable bonds is 50. The quantitative estimate of drug-likeness (QED) is 0.0212. The van der Waals surface area contributed by atoms with Gasteiger partial charge in [-0.1, -0.05) is 202 Å². The molecule has 0 bridgehead atoms. The van der Waals surface area contributed by atoms with Gasteiger partial charge < -0.3 is 28.5 Å². The van der Waals surface area contributed by atoms with E-state index in [9.17, 15) is 19.0 Å². The van der Waals surface area contributed by atoms with Crippen molar-refractivity contribution in [1.82, 2.24) is 5.32 Å². The number of phosphoric acid groups is 1. The Balaban J connectivity index is 5.39. The minimum Gasteiger partial charge on any atom is -0.756 e. The Morgan fingerprint density at radius 1 is 0.514 bits per heavy atom. The lowest BCUT2D eigenvalue weighted by Crippen LogP contribution is -2.47. The molecule has 0 aromatic carbocycles. The first-order valence-corrected chi connectivity index (χ1v) is 29.9. The van der Waals surface area contributed by atoms with Gasteiger partial charge >= 0.3 is 5.97 Å². The molecule has 0 saturated heterocycles. The van der Waals surface area contributed by atoms with Crippen LogP contribution in [-0.4, -0.2) is 69.4 Å². The number of esters is 1. The molecule has 0 aliphatic carbocycles. The van der Waals surface area contributed by atoms with Crippen LogP contribution in [-0.2, 0) is 27.9 Å². The van der Waals surface area contributed by atoms with Crippen LogP contribution in [0.15, 0.2) is 85.1 Å². The standard InChI is InChI=1S/C60H107N2O7P/c1-7-10-13-16-19-22-25-27-29-31-33-35-38-41-44-47-50-53-60(64)69-58(51-48-45-42-39-36-24-21-18-15-12-9-3)57(56-68-70(65,66)67-55-54-62(4,5)6)61-59(63)52-49-46-43-40-37-34-32-30-28-26-23-20-17-14-11-8-2/h11,14,19-20,22-23,27-30,34,37,48,51,57-58H,7-10,12-13,15-18,21,24-26,31-33,35-36,38-47,49-50,52-56H2,1-6H3,(H-,61,63,65,66)/b14-11+,22-19-,23-20+,29-27-,30-28+,37-34+,51-48+. The third kappa shape index (κ3) is 50.1. The highest BCUT2D eigenvalue weighted by atomic mass is 31.2. The first-order valence-electron chi connectivity index (χ1n) is 28.4. The molecule has 0 aromatic heterocycles. The van der Waals surface area contributed by atoms with E-state index in [0.29, 0.717) is 23.9 Å². The molecule has 404 valence electrons. The number of quaternary nitrogens is 1. The van der Waals surface area contributed by atoms with Crippen molar-refractivity contribution in [2.24, 2.45) is 0 Å². The van der Waals surface area contributed by atoms with Crippen molar-refractivity contribution in [3.05, 3.63) is 85.1 Å². The molecule has 0 aliphatic rings. The average molecular weight is 999 g/mol. The van der Waals surface area contributed by atoms with E-state index in [1.165, 1.54) is 89.9 Å². The molecule has 3 atom stereocenters. The zero-order valence-corrected chi connectivity index (χ0v) is 46.8. The van der Waals surface area contributed by atoms with Gasteiger partial charge in [0.15, 0.2) is 0 Å². The largest absolute Gasteiger partial charge is 0.756 e. The van der Waals surface area contributed by atoms with Crippen molar-refractivity contribution in [2.45, 2.75) is 245 Å². The smallest absolute Gasteiger partial charge is 0.306 e. The zero-order chi connectivity index (χ0) is 51.5. The Kier molecular flexibility index (Phi) is 47.8. The first kappa shape index (κ1) is 67.2. The number of carbonyl (C=O) groups is 2. The predicted octanol–water partition coefficient (Wildman–Crippen LogP) is 16.4. The third-order valence-electron chi connectivity index (χ3n) is 12.1. The van der Waals surface area contributed by atoms with Gasteiger partial charge in [-0.05, 0) is 102 Å². The van der Waals surface area contributed by atoms with Crippen LogP contribution in [0.3, 0.4) is 0 Å². The molecule has 0 spiro atoms. The minimum atomic E-state index is -4.71. The van der Waals surface area contributed by atoms with Crippen molar-refractivity contribution in [3.8, 4) is 0 Å². The molecule has 0 aliphatic heterocycles. The first-order chi connectivity index (χ1) is 33.9. The normalized spacial score (nSPS) is 14.4. The van der Waals surface area contributed by atoms with Crippen molar-refractivity contribution < 1.29 is 37.3 Å². The van der Waals surface area contributed by atoms with E-state index >= 15 is 0 Å². The van der Waals surface area contributed by atoms with Gasteiger partial charge in [0.2, 0.25) is 5.91 Å². The lowest BCUT2D eigenvalue weighted by atomic mass is 10.1. The van der Waals surface area contributed by atoms with Crippen molar-refractivity contribution in [3.63, 3.8) is 0 Å². The molecule has 0 heterocycles. The van der Waals surface area contributed by atoms with Crippen molar-refractivity contribution in [2.75, 3.05) is 40.9 Å². The summed E-state index contributed by atoms with van der Waals surface area (Å²) in [5, 5.41) is 3.00. The van der Waals surface area contributed by atoms with Gasteiger partial charge in [-0.3, -0.25) is 14.2 Å². The summed E-state index contributed by atoms with van der Waals surface area (Å²) in [7, 11) is 1.15. The fourth-order valence-electron chi connectivity index (χ4n) is 7.66. The maximum absolute atomic E-state index is 13.5. The lowest BCUT2D eigenvalue weighted by Gasteiger charge is -2.30. The summed E-state index contributed by atoms with van der Waals surface area (Å²) in [6.07, 6.45) is 64.0.